The van der Waals surface area contributed by atoms with E-state index in [1.807, 2.05) is 0 Å². The molecule has 0 aromatic carbocycles. The molecule has 6 N–H and O–H groups in total. The van der Waals surface area contributed by atoms with E-state index in [1.54, 1.807) is 0 Å². The van der Waals surface area contributed by atoms with Gasteiger partial charge in [-0.2, -0.15) is 0 Å². The van der Waals surface area contributed by atoms with Crippen LogP contribution in [-0.4, -0.2) is 98.9 Å². The van der Waals surface area contributed by atoms with Crippen molar-refractivity contribution >= 4 is 13.8 Å². The Hall–Kier alpha value is -1.44. The summed E-state index contributed by atoms with van der Waals surface area (Å²) in [6.45, 7) is 4.24. The summed E-state index contributed by atoms with van der Waals surface area (Å²) < 4.78 is 34.3. The first-order chi connectivity index (χ1) is 30.5. The van der Waals surface area contributed by atoms with E-state index < -0.39 is 63.1 Å². The number of esters is 1. The maximum absolute atomic E-state index is 12.8. The molecule has 13 heteroatoms. The maximum atomic E-state index is 12.8. The molecule has 0 aromatic rings. The van der Waals surface area contributed by atoms with E-state index in [0.717, 1.165) is 64.2 Å². The lowest BCUT2D eigenvalue weighted by atomic mass is 9.85. The second-order valence-electron chi connectivity index (χ2n) is 17.7. The third-order valence-corrected chi connectivity index (χ3v) is 12.7. The summed E-state index contributed by atoms with van der Waals surface area (Å²) >= 11 is 0. The van der Waals surface area contributed by atoms with Crippen LogP contribution in [0.4, 0.5) is 0 Å². The molecule has 12 nitrogen and oxygen atoms in total. The van der Waals surface area contributed by atoms with Crippen LogP contribution in [0.3, 0.4) is 0 Å². The van der Waals surface area contributed by atoms with Crippen LogP contribution in [0.15, 0.2) is 36.5 Å². The molecule has 370 valence electrons. The zero-order chi connectivity index (χ0) is 46.2. The Bertz CT molecular complexity index is 1180. The SMILES string of the molecule is CCCCCC/C=C\C/C=C\CCCCCCCC(=O)OC(COCCCCCCCCCCCC/C=C\CCCCCCCC)COP(=O)(O)OC1C(O)C(O)C(O)C(O)C1O. The Morgan fingerprint density at radius 3 is 1.37 bits per heavy atom. The fourth-order valence-electron chi connectivity index (χ4n) is 7.68. The van der Waals surface area contributed by atoms with Crippen molar-refractivity contribution in [3.63, 3.8) is 0 Å². The highest BCUT2D eigenvalue weighted by molar-refractivity contribution is 7.47. The number of phosphoric ester groups is 1. The van der Waals surface area contributed by atoms with Crippen LogP contribution in [0.1, 0.15) is 213 Å². The van der Waals surface area contributed by atoms with Gasteiger partial charge in [0.1, 0.15) is 42.7 Å². The van der Waals surface area contributed by atoms with Crippen LogP contribution < -0.4 is 0 Å². The first-order valence-corrected chi connectivity index (χ1v) is 26.8. The molecule has 0 amide bonds. The lowest BCUT2D eigenvalue weighted by Crippen LogP contribution is -2.64. The summed E-state index contributed by atoms with van der Waals surface area (Å²) in [6.07, 6.45) is 36.4. The molecular formula is C50H93O12P. The van der Waals surface area contributed by atoms with E-state index in [0.29, 0.717) is 13.0 Å². The van der Waals surface area contributed by atoms with Crippen molar-refractivity contribution < 1.29 is 58.3 Å². The summed E-state index contributed by atoms with van der Waals surface area (Å²) in [5.74, 6) is -0.490. The molecule has 1 saturated carbocycles. The monoisotopic (exact) mass is 917 g/mol. The van der Waals surface area contributed by atoms with Gasteiger partial charge in [0.2, 0.25) is 0 Å². The summed E-state index contributed by atoms with van der Waals surface area (Å²) in [4.78, 5) is 23.2. The Kier molecular flexibility index (Phi) is 38.6. The molecule has 6 atom stereocenters. The van der Waals surface area contributed by atoms with Crippen molar-refractivity contribution in [2.24, 2.45) is 0 Å². The normalized spacial score (nSPS) is 22.1. The van der Waals surface area contributed by atoms with Gasteiger partial charge in [-0.3, -0.25) is 13.8 Å². The van der Waals surface area contributed by atoms with Crippen molar-refractivity contribution in [2.45, 2.75) is 256 Å². The van der Waals surface area contributed by atoms with E-state index >= 15 is 0 Å². The van der Waals surface area contributed by atoms with E-state index in [1.165, 1.54) is 122 Å². The molecule has 0 heterocycles. The highest BCUT2D eigenvalue weighted by atomic mass is 31.2. The Balaban J connectivity index is 2.35. The number of hydrogen-bond donors (Lipinski definition) is 6. The van der Waals surface area contributed by atoms with Gasteiger partial charge >= 0.3 is 13.8 Å². The molecule has 1 rings (SSSR count). The molecule has 1 aliphatic rings. The molecule has 0 aromatic heterocycles. The van der Waals surface area contributed by atoms with Gasteiger partial charge in [-0.15, -0.1) is 0 Å². The van der Waals surface area contributed by atoms with E-state index in [4.69, 9.17) is 18.5 Å². The lowest BCUT2D eigenvalue weighted by molar-refractivity contribution is -0.220. The van der Waals surface area contributed by atoms with Crippen LogP contribution in [-0.2, 0) is 27.9 Å². The second kappa shape index (κ2) is 40.8. The zero-order valence-corrected chi connectivity index (χ0v) is 40.5. The molecule has 0 spiro atoms. The number of ether oxygens (including phenoxy) is 2. The topological polar surface area (TPSA) is 192 Å². The van der Waals surface area contributed by atoms with Crippen molar-refractivity contribution in [2.75, 3.05) is 19.8 Å². The van der Waals surface area contributed by atoms with E-state index in [2.05, 4.69) is 50.3 Å². The molecule has 1 fully saturated rings. The number of rotatable bonds is 43. The number of aliphatic hydroxyl groups is 5. The average molecular weight is 917 g/mol. The minimum Gasteiger partial charge on any atom is -0.457 e. The Labute approximate surface area is 382 Å². The van der Waals surface area contributed by atoms with Crippen LogP contribution >= 0.6 is 7.82 Å². The minimum atomic E-state index is -5.02. The number of hydrogen-bond acceptors (Lipinski definition) is 11. The van der Waals surface area contributed by atoms with Crippen molar-refractivity contribution in [3.05, 3.63) is 36.5 Å². The zero-order valence-electron chi connectivity index (χ0n) is 39.6. The first-order valence-electron chi connectivity index (χ1n) is 25.3. The number of carbonyl (C=O) groups excluding carboxylic acids is 1. The Morgan fingerprint density at radius 2 is 0.889 bits per heavy atom. The summed E-state index contributed by atoms with van der Waals surface area (Å²) in [7, 11) is -5.02. The number of allylic oxidation sites excluding steroid dienone is 6. The van der Waals surface area contributed by atoms with Gasteiger partial charge in [-0.1, -0.05) is 172 Å². The minimum absolute atomic E-state index is 0.0821. The average Bonchev–Trinajstić information content (AvgIpc) is 3.27. The van der Waals surface area contributed by atoms with Gasteiger partial charge in [0, 0.05) is 13.0 Å². The molecule has 0 bridgehead atoms. The first kappa shape index (κ1) is 59.6. The van der Waals surface area contributed by atoms with E-state index in [-0.39, 0.29) is 13.0 Å². The van der Waals surface area contributed by atoms with Gasteiger partial charge in [0.15, 0.2) is 0 Å². The summed E-state index contributed by atoms with van der Waals surface area (Å²) in [5, 5.41) is 50.3. The van der Waals surface area contributed by atoms with Crippen LogP contribution in [0, 0.1) is 0 Å². The van der Waals surface area contributed by atoms with Crippen molar-refractivity contribution in [1.29, 1.82) is 0 Å². The van der Waals surface area contributed by atoms with Gasteiger partial charge in [0.05, 0.1) is 13.2 Å². The molecule has 0 radical (unpaired) electrons. The second-order valence-corrected chi connectivity index (χ2v) is 19.1. The predicted octanol–water partition coefficient (Wildman–Crippen LogP) is 11.0. The number of phosphoric acid groups is 1. The summed E-state index contributed by atoms with van der Waals surface area (Å²) in [5.41, 5.74) is 0. The molecule has 0 aliphatic heterocycles. The summed E-state index contributed by atoms with van der Waals surface area (Å²) in [6, 6.07) is 0. The number of unbranched alkanes of at least 4 members (excludes halogenated alkanes) is 25. The molecular weight excluding hydrogens is 824 g/mol. The highest BCUT2D eigenvalue weighted by Gasteiger charge is 2.51. The number of aliphatic hydroxyl groups excluding tert-OH is 5. The number of carbonyl (C=O) groups is 1. The smallest absolute Gasteiger partial charge is 0.457 e. The highest BCUT2D eigenvalue weighted by Crippen LogP contribution is 2.47. The van der Waals surface area contributed by atoms with Crippen LogP contribution in [0.25, 0.3) is 0 Å². The standard InChI is InChI=1S/C50H93O12P/c1-3-5-7-9-11-13-15-17-19-21-22-23-24-26-28-30-32-34-36-38-40-59-41-43(42-60-63(57,58)62-50-48(55)46(53)45(52)47(54)49(50)56)61-44(51)39-37-35-33-31-29-27-25-20-18-16-14-12-10-8-6-4-2/h14,16-17,19-20,25,43,45-50,52-56H,3-13,15,18,21-24,26-42H2,1-2H3,(H,57,58)/b16-14-,19-17-,25-20-. The van der Waals surface area contributed by atoms with Crippen LogP contribution in [0.5, 0.6) is 0 Å². The molecule has 63 heavy (non-hydrogen) atoms. The van der Waals surface area contributed by atoms with Gasteiger partial charge < -0.3 is 39.9 Å². The third-order valence-electron chi connectivity index (χ3n) is 11.7. The maximum Gasteiger partial charge on any atom is 0.472 e. The van der Waals surface area contributed by atoms with Crippen molar-refractivity contribution in [1.82, 2.24) is 0 Å². The largest absolute Gasteiger partial charge is 0.472 e. The third kappa shape index (κ3) is 32.8. The fourth-order valence-corrected chi connectivity index (χ4v) is 8.65. The quantitative estimate of drug-likeness (QED) is 0.0147. The van der Waals surface area contributed by atoms with Gasteiger partial charge in [0.25, 0.3) is 0 Å². The molecule has 1 aliphatic carbocycles. The van der Waals surface area contributed by atoms with E-state index in [9.17, 15) is 39.8 Å². The Morgan fingerprint density at radius 1 is 0.508 bits per heavy atom. The predicted molar refractivity (Wildman–Crippen MR) is 253 cm³/mol. The molecule has 0 saturated heterocycles. The van der Waals surface area contributed by atoms with Crippen LogP contribution in [0.2, 0.25) is 0 Å². The van der Waals surface area contributed by atoms with Gasteiger partial charge in [-0.05, 0) is 70.6 Å². The lowest BCUT2D eigenvalue weighted by Gasteiger charge is -2.41. The van der Waals surface area contributed by atoms with Crippen molar-refractivity contribution in [3.8, 4) is 0 Å². The fraction of sp³-hybridized carbons (Fsp3) is 0.860. The van der Waals surface area contributed by atoms with Gasteiger partial charge in [-0.25, -0.2) is 4.57 Å². The molecule has 6 unspecified atom stereocenters.